The lowest BCUT2D eigenvalue weighted by molar-refractivity contribution is -0.152. The second-order valence-corrected chi connectivity index (χ2v) is 8.28. The summed E-state index contributed by atoms with van der Waals surface area (Å²) in [5, 5.41) is 11.6. The summed E-state index contributed by atoms with van der Waals surface area (Å²) >= 11 is 0. The van der Waals surface area contributed by atoms with Crippen molar-refractivity contribution in [2.45, 2.75) is 44.8 Å². The van der Waals surface area contributed by atoms with E-state index in [1.165, 1.54) is 7.11 Å². The number of nitrogens with one attached hydrogen (secondary N) is 3. The van der Waals surface area contributed by atoms with Crippen molar-refractivity contribution in [3.63, 3.8) is 0 Å². The number of ether oxygens (including phenoxy) is 1. The van der Waals surface area contributed by atoms with Crippen LogP contribution < -0.4 is 16.0 Å². The van der Waals surface area contributed by atoms with Gasteiger partial charge in [0.2, 0.25) is 11.8 Å². The molecule has 0 radical (unpaired) electrons. The van der Waals surface area contributed by atoms with E-state index in [0.29, 0.717) is 19.5 Å². The molecule has 1 heterocycles. The molecule has 3 rings (SSSR count). The summed E-state index contributed by atoms with van der Waals surface area (Å²) in [5.74, 6) is -0.915. The van der Waals surface area contributed by atoms with Crippen molar-refractivity contribution < 1.29 is 19.1 Å². The van der Waals surface area contributed by atoms with Crippen LogP contribution in [-0.2, 0) is 25.7 Å². The van der Waals surface area contributed by atoms with E-state index < -0.39 is 12.0 Å². The van der Waals surface area contributed by atoms with Gasteiger partial charge in [-0.15, -0.1) is 0 Å². The maximum absolute atomic E-state index is 13.3. The van der Waals surface area contributed by atoms with Crippen LogP contribution in [0.2, 0.25) is 0 Å². The third-order valence-corrected chi connectivity index (χ3v) is 6.03. The van der Waals surface area contributed by atoms with Crippen molar-refractivity contribution >= 4 is 28.6 Å². The average Bonchev–Trinajstić information content (AvgIpc) is 3.36. The highest BCUT2D eigenvalue weighted by Crippen LogP contribution is 2.18. The fourth-order valence-electron chi connectivity index (χ4n) is 4.20. The molecule has 2 aromatic carbocycles. The molecule has 8 heteroatoms. The van der Waals surface area contributed by atoms with Gasteiger partial charge < -0.3 is 25.6 Å². The van der Waals surface area contributed by atoms with Crippen LogP contribution in [0.5, 0.6) is 0 Å². The quantitative estimate of drug-likeness (QED) is 0.446. The Morgan fingerprint density at radius 1 is 1.18 bits per heavy atom. The Labute approximate surface area is 195 Å². The Hall–Kier alpha value is -2.97. The topological polar surface area (TPSA) is 99.8 Å². The van der Waals surface area contributed by atoms with Gasteiger partial charge in [0.25, 0.3) is 0 Å². The number of carbonyl (C=O) groups excluding carboxylic acids is 3. The standard InChI is InChI=1S/C25H34N4O4/c1-3-23(30)28-15-22(25(32)33-2)29(17-20-11-7-13-27-20)24(31)16-26-14-19-10-6-9-18-8-4-5-12-21(18)19/h4-6,8-10,12,20,22,26-27H,3,7,11,13-17H2,1-2H3,(H,28,30)/t20?,22-/m0/s1. The lowest BCUT2D eigenvalue weighted by Gasteiger charge is -2.32. The van der Waals surface area contributed by atoms with E-state index in [-0.39, 0.29) is 30.9 Å². The zero-order valence-corrected chi connectivity index (χ0v) is 19.4. The predicted molar refractivity (Wildman–Crippen MR) is 127 cm³/mol. The molecule has 0 saturated carbocycles. The molecule has 2 amide bonds. The zero-order valence-electron chi connectivity index (χ0n) is 19.4. The van der Waals surface area contributed by atoms with E-state index in [9.17, 15) is 14.4 Å². The first kappa shape index (κ1) is 24.7. The SMILES string of the molecule is CCC(=O)NC[C@@H](C(=O)OC)N(CC1CCCN1)C(=O)CNCc1cccc2ccccc12. The minimum Gasteiger partial charge on any atom is -0.467 e. The third-order valence-electron chi connectivity index (χ3n) is 6.03. The number of amides is 2. The average molecular weight is 455 g/mol. The van der Waals surface area contributed by atoms with Crippen LogP contribution in [0, 0.1) is 0 Å². The van der Waals surface area contributed by atoms with E-state index in [1.807, 2.05) is 24.3 Å². The smallest absolute Gasteiger partial charge is 0.330 e. The Bertz CT molecular complexity index is 953. The highest BCUT2D eigenvalue weighted by Gasteiger charge is 2.33. The number of carbonyl (C=O) groups is 3. The number of fused-ring (bicyclic) bond motifs is 1. The van der Waals surface area contributed by atoms with Crippen molar-refractivity contribution in [2.75, 3.05) is 33.3 Å². The van der Waals surface area contributed by atoms with Gasteiger partial charge in [0.15, 0.2) is 0 Å². The van der Waals surface area contributed by atoms with Gasteiger partial charge in [-0.2, -0.15) is 0 Å². The number of nitrogens with zero attached hydrogens (tertiary/aromatic N) is 1. The second kappa shape index (κ2) is 12.3. The first-order valence-electron chi connectivity index (χ1n) is 11.6. The van der Waals surface area contributed by atoms with Crippen LogP contribution in [0.25, 0.3) is 10.8 Å². The van der Waals surface area contributed by atoms with Crippen LogP contribution in [0.15, 0.2) is 42.5 Å². The molecule has 0 bridgehead atoms. The van der Waals surface area contributed by atoms with Crippen LogP contribution in [0.4, 0.5) is 0 Å². The third kappa shape index (κ3) is 6.76. The largest absolute Gasteiger partial charge is 0.467 e. The molecule has 178 valence electrons. The molecule has 0 aliphatic carbocycles. The van der Waals surface area contributed by atoms with Crippen molar-refractivity contribution in [2.24, 2.45) is 0 Å². The first-order valence-corrected chi connectivity index (χ1v) is 11.6. The Kier molecular flexibility index (Phi) is 9.21. The Morgan fingerprint density at radius 3 is 2.70 bits per heavy atom. The number of rotatable bonds is 11. The van der Waals surface area contributed by atoms with Gasteiger partial charge in [-0.3, -0.25) is 9.59 Å². The van der Waals surface area contributed by atoms with E-state index in [1.54, 1.807) is 11.8 Å². The number of methoxy groups -OCH3 is 1. The Morgan fingerprint density at radius 2 is 1.97 bits per heavy atom. The van der Waals surface area contributed by atoms with Gasteiger partial charge in [0, 0.05) is 32.1 Å². The van der Waals surface area contributed by atoms with Crippen molar-refractivity contribution in [3.8, 4) is 0 Å². The summed E-state index contributed by atoms with van der Waals surface area (Å²) in [7, 11) is 1.30. The number of hydrogen-bond donors (Lipinski definition) is 3. The van der Waals surface area contributed by atoms with Crippen molar-refractivity contribution in [1.82, 2.24) is 20.9 Å². The molecule has 1 saturated heterocycles. The molecule has 1 aliphatic heterocycles. The second-order valence-electron chi connectivity index (χ2n) is 8.28. The van der Waals surface area contributed by atoms with E-state index in [2.05, 4.69) is 34.1 Å². The maximum Gasteiger partial charge on any atom is 0.330 e. The van der Waals surface area contributed by atoms with Crippen molar-refractivity contribution in [1.29, 1.82) is 0 Å². The lowest BCUT2D eigenvalue weighted by Crippen LogP contribution is -2.56. The predicted octanol–water partition coefficient (Wildman–Crippen LogP) is 1.58. The minimum absolute atomic E-state index is 0.0289. The maximum atomic E-state index is 13.3. The van der Waals surface area contributed by atoms with Crippen LogP contribution in [-0.4, -0.2) is 68.1 Å². The molecule has 1 aliphatic rings. The molecule has 0 spiro atoms. The number of hydrogen-bond acceptors (Lipinski definition) is 6. The van der Waals surface area contributed by atoms with Gasteiger partial charge in [-0.05, 0) is 35.7 Å². The molecule has 33 heavy (non-hydrogen) atoms. The molecule has 0 aromatic heterocycles. The molecule has 2 atom stereocenters. The summed E-state index contributed by atoms with van der Waals surface area (Å²) in [6.45, 7) is 3.65. The van der Waals surface area contributed by atoms with E-state index in [4.69, 9.17) is 4.74 Å². The van der Waals surface area contributed by atoms with Gasteiger partial charge in [0.05, 0.1) is 13.7 Å². The zero-order chi connectivity index (χ0) is 23.6. The molecular weight excluding hydrogens is 420 g/mol. The monoisotopic (exact) mass is 454 g/mol. The Balaban J connectivity index is 1.70. The summed E-state index contributed by atoms with van der Waals surface area (Å²) in [6, 6.07) is 13.5. The highest BCUT2D eigenvalue weighted by atomic mass is 16.5. The minimum atomic E-state index is -0.875. The molecule has 1 fully saturated rings. The van der Waals surface area contributed by atoms with Gasteiger partial charge in [-0.25, -0.2) is 4.79 Å². The first-order chi connectivity index (χ1) is 16.0. The van der Waals surface area contributed by atoms with Gasteiger partial charge in [0.1, 0.15) is 6.04 Å². The van der Waals surface area contributed by atoms with Crippen LogP contribution >= 0.6 is 0 Å². The molecule has 3 N–H and O–H groups in total. The number of benzene rings is 2. The molecule has 8 nitrogen and oxygen atoms in total. The summed E-state index contributed by atoms with van der Waals surface area (Å²) in [5.41, 5.74) is 1.10. The fourth-order valence-corrected chi connectivity index (χ4v) is 4.20. The van der Waals surface area contributed by atoms with Gasteiger partial charge >= 0.3 is 5.97 Å². The normalized spacial score (nSPS) is 16.4. The van der Waals surface area contributed by atoms with E-state index in [0.717, 1.165) is 35.7 Å². The van der Waals surface area contributed by atoms with Crippen LogP contribution in [0.1, 0.15) is 31.7 Å². The molecule has 1 unspecified atom stereocenters. The van der Waals surface area contributed by atoms with E-state index >= 15 is 0 Å². The lowest BCUT2D eigenvalue weighted by atomic mass is 10.0. The van der Waals surface area contributed by atoms with Gasteiger partial charge in [-0.1, -0.05) is 49.4 Å². The fraction of sp³-hybridized carbons (Fsp3) is 0.480. The summed E-state index contributed by atoms with van der Waals surface area (Å²) in [6.07, 6.45) is 2.27. The van der Waals surface area contributed by atoms with Crippen molar-refractivity contribution in [3.05, 3.63) is 48.0 Å². The number of esters is 1. The highest BCUT2D eigenvalue weighted by molar-refractivity contribution is 5.87. The molecular formula is C25H34N4O4. The van der Waals surface area contributed by atoms with Crippen LogP contribution in [0.3, 0.4) is 0 Å². The summed E-state index contributed by atoms with van der Waals surface area (Å²) in [4.78, 5) is 39.2. The summed E-state index contributed by atoms with van der Waals surface area (Å²) < 4.78 is 4.97. The molecule has 2 aromatic rings.